The topological polar surface area (TPSA) is 113 Å². The molecule has 1 unspecified atom stereocenters. The maximum Gasteiger partial charge on any atom is 0.310 e. The Morgan fingerprint density at radius 1 is 1.18 bits per heavy atom. The molecule has 1 fully saturated rings. The van der Waals surface area contributed by atoms with Crippen LogP contribution in [0, 0.1) is 26.7 Å². The summed E-state index contributed by atoms with van der Waals surface area (Å²) in [6.45, 7) is 8.05. The van der Waals surface area contributed by atoms with E-state index in [4.69, 9.17) is 4.74 Å². The molecule has 1 aromatic carbocycles. The van der Waals surface area contributed by atoms with Gasteiger partial charge in [-0.05, 0) is 51.7 Å². The minimum Gasteiger partial charge on any atom is -0.466 e. The van der Waals surface area contributed by atoms with Crippen molar-refractivity contribution in [3.63, 3.8) is 0 Å². The number of carbonyl (C=O) groups is 3. The highest BCUT2D eigenvalue weighted by atomic mass is 32.2. The normalized spacial score (nSPS) is 16.4. The number of likely N-dealkylation sites (N-methyl/N-ethyl adjacent to an activating group) is 1. The zero-order valence-corrected chi connectivity index (χ0v) is 21.0. The summed E-state index contributed by atoms with van der Waals surface area (Å²) in [6, 6.07) is 3.61. The predicted octanol–water partition coefficient (Wildman–Crippen LogP) is 1.54. The molecule has 0 aromatic heterocycles. The number of amides is 2. The Labute approximate surface area is 196 Å². The van der Waals surface area contributed by atoms with Crippen molar-refractivity contribution in [1.82, 2.24) is 14.5 Å². The lowest BCUT2D eigenvalue weighted by molar-refractivity contribution is -0.152. The second-order valence-corrected chi connectivity index (χ2v) is 10.3. The van der Waals surface area contributed by atoms with E-state index in [0.29, 0.717) is 37.1 Å². The van der Waals surface area contributed by atoms with Gasteiger partial charge in [-0.2, -0.15) is 0 Å². The van der Waals surface area contributed by atoms with Crippen molar-refractivity contribution < 1.29 is 27.5 Å². The molecule has 33 heavy (non-hydrogen) atoms. The number of piperidine rings is 1. The van der Waals surface area contributed by atoms with E-state index in [-0.39, 0.29) is 54.7 Å². The molecule has 2 amide bonds. The first-order valence-corrected chi connectivity index (χ1v) is 12.7. The number of aryl methyl sites for hydroxylation is 3. The van der Waals surface area contributed by atoms with E-state index in [1.807, 2.05) is 6.92 Å². The van der Waals surface area contributed by atoms with Crippen LogP contribution in [0.15, 0.2) is 17.0 Å². The van der Waals surface area contributed by atoms with Gasteiger partial charge in [0.2, 0.25) is 21.8 Å². The Hall–Kier alpha value is -2.46. The van der Waals surface area contributed by atoms with Crippen molar-refractivity contribution >= 4 is 27.8 Å². The van der Waals surface area contributed by atoms with E-state index in [1.54, 1.807) is 37.8 Å². The van der Waals surface area contributed by atoms with Crippen LogP contribution in [0.3, 0.4) is 0 Å². The van der Waals surface area contributed by atoms with E-state index in [2.05, 4.69) is 4.72 Å². The Bertz CT molecular complexity index is 969. The number of ether oxygens (including phenoxy) is 1. The number of nitrogens with one attached hydrogen (secondary N) is 1. The summed E-state index contributed by atoms with van der Waals surface area (Å²) in [5.41, 5.74) is 2.28. The zero-order chi connectivity index (χ0) is 24.8. The van der Waals surface area contributed by atoms with E-state index in [9.17, 15) is 22.8 Å². The number of hydrogen-bond donors (Lipinski definition) is 1. The van der Waals surface area contributed by atoms with Crippen LogP contribution in [-0.2, 0) is 29.1 Å². The van der Waals surface area contributed by atoms with Crippen molar-refractivity contribution in [1.29, 1.82) is 0 Å². The molecule has 184 valence electrons. The molecule has 1 atom stereocenters. The monoisotopic (exact) mass is 481 g/mol. The minimum atomic E-state index is -3.76. The summed E-state index contributed by atoms with van der Waals surface area (Å²) >= 11 is 0. The second kappa shape index (κ2) is 11.6. The van der Waals surface area contributed by atoms with Gasteiger partial charge >= 0.3 is 5.97 Å². The lowest BCUT2D eigenvalue weighted by Gasteiger charge is -2.32. The minimum absolute atomic E-state index is 0.0684. The van der Waals surface area contributed by atoms with Gasteiger partial charge in [0, 0.05) is 33.1 Å². The van der Waals surface area contributed by atoms with Crippen molar-refractivity contribution in [2.45, 2.75) is 51.9 Å². The number of hydrogen-bond acceptors (Lipinski definition) is 6. The Morgan fingerprint density at radius 3 is 2.42 bits per heavy atom. The largest absolute Gasteiger partial charge is 0.466 e. The fourth-order valence-electron chi connectivity index (χ4n) is 4.19. The maximum atomic E-state index is 12.7. The summed E-state index contributed by atoms with van der Waals surface area (Å²) in [5, 5.41) is 0. The fraction of sp³-hybridized carbons (Fsp3) is 0.609. The molecular weight excluding hydrogens is 446 g/mol. The molecule has 9 nitrogen and oxygen atoms in total. The number of esters is 1. The highest BCUT2D eigenvalue weighted by Crippen LogP contribution is 2.21. The summed E-state index contributed by atoms with van der Waals surface area (Å²) in [5.74, 6) is -1.23. The molecule has 1 saturated heterocycles. The van der Waals surface area contributed by atoms with E-state index in [0.717, 1.165) is 5.56 Å². The van der Waals surface area contributed by atoms with E-state index in [1.165, 1.54) is 11.9 Å². The van der Waals surface area contributed by atoms with Gasteiger partial charge < -0.3 is 14.5 Å². The Kier molecular flexibility index (Phi) is 9.42. The average molecular weight is 482 g/mol. The molecule has 0 aliphatic carbocycles. The standard InChI is InChI=1S/C23H35N3O6S/c1-6-32-23(29)19-8-7-11-26(14-19)21(28)15-25(5)20(27)9-10-24-33(30,31)22-17(3)12-16(2)13-18(22)4/h12-13,19,24H,6-11,14-15H2,1-5H3. The molecule has 0 radical (unpaired) electrons. The van der Waals surface area contributed by atoms with Crippen LogP contribution in [0.25, 0.3) is 0 Å². The molecule has 1 aliphatic rings. The first-order valence-electron chi connectivity index (χ1n) is 11.2. The second-order valence-electron chi connectivity index (χ2n) is 8.56. The van der Waals surface area contributed by atoms with Gasteiger partial charge in [0.05, 0.1) is 24.0 Å². The molecule has 10 heteroatoms. The fourth-order valence-corrected chi connectivity index (χ4v) is 5.67. The number of sulfonamides is 1. The average Bonchev–Trinajstić information content (AvgIpc) is 2.72. The van der Waals surface area contributed by atoms with Crippen LogP contribution < -0.4 is 4.72 Å². The third-order valence-electron chi connectivity index (χ3n) is 5.70. The highest BCUT2D eigenvalue weighted by Gasteiger charge is 2.30. The van der Waals surface area contributed by atoms with Gasteiger partial charge in [-0.3, -0.25) is 14.4 Å². The highest BCUT2D eigenvalue weighted by molar-refractivity contribution is 7.89. The smallest absolute Gasteiger partial charge is 0.310 e. The van der Waals surface area contributed by atoms with Crippen molar-refractivity contribution in [2.75, 3.05) is 39.8 Å². The van der Waals surface area contributed by atoms with Gasteiger partial charge in [0.1, 0.15) is 0 Å². The summed E-state index contributed by atoms with van der Waals surface area (Å²) in [4.78, 5) is 40.2. The van der Waals surface area contributed by atoms with Gasteiger partial charge in [-0.1, -0.05) is 17.7 Å². The van der Waals surface area contributed by atoms with E-state index < -0.39 is 10.0 Å². The molecule has 1 aliphatic heterocycles. The third kappa shape index (κ3) is 7.26. The molecule has 0 bridgehead atoms. The number of rotatable bonds is 9. The predicted molar refractivity (Wildman–Crippen MR) is 124 cm³/mol. The summed E-state index contributed by atoms with van der Waals surface area (Å²) < 4.78 is 33.0. The molecular formula is C23H35N3O6S. The van der Waals surface area contributed by atoms with Crippen LogP contribution >= 0.6 is 0 Å². The molecule has 2 rings (SSSR count). The third-order valence-corrected chi connectivity index (χ3v) is 7.46. The quantitative estimate of drug-likeness (QED) is 0.536. The lowest BCUT2D eigenvalue weighted by Crippen LogP contribution is -2.47. The first-order chi connectivity index (χ1) is 15.5. The number of benzene rings is 1. The van der Waals surface area contributed by atoms with Crippen LogP contribution in [0.5, 0.6) is 0 Å². The van der Waals surface area contributed by atoms with Crippen LogP contribution in [0.2, 0.25) is 0 Å². The molecule has 0 saturated carbocycles. The molecule has 0 spiro atoms. The van der Waals surface area contributed by atoms with Gasteiger partial charge in [0.15, 0.2) is 0 Å². The van der Waals surface area contributed by atoms with Crippen molar-refractivity contribution in [2.24, 2.45) is 5.92 Å². The van der Waals surface area contributed by atoms with Gasteiger partial charge in [0.25, 0.3) is 0 Å². The molecule has 1 heterocycles. The number of carbonyl (C=O) groups excluding carboxylic acids is 3. The first kappa shape index (κ1) is 26.8. The Balaban J connectivity index is 1.87. The van der Waals surface area contributed by atoms with Gasteiger partial charge in [-0.25, -0.2) is 13.1 Å². The summed E-state index contributed by atoms with van der Waals surface area (Å²) in [6.07, 6.45) is 1.31. The lowest BCUT2D eigenvalue weighted by atomic mass is 9.98. The number of likely N-dealkylation sites (tertiary alicyclic amines) is 1. The van der Waals surface area contributed by atoms with Crippen LogP contribution in [0.1, 0.15) is 42.9 Å². The summed E-state index contributed by atoms with van der Waals surface area (Å²) in [7, 11) is -2.25. The Morgan fingerprint density at radius 2 is 1.82 bits per heavy atom. The van der Waals surface area contributed by atoms with Crippen molar-refractivity contribution in [3.8, 4) is 0 Å². The maximum absolute atomic E-state index is 12.7. The molecule has 1 N–H and O–H groups in total. The van der Waals surface area contributed by atoms with Crippen molar-refractivity contribution in [3.05, 3.63) is 28.8 Å². The SMILES string of the molecule is CCOC(=O)C1CCCN(C(=O)CN(C)C(=O)CCNS(=O)(=O)c2c(C)cc(C)cc2C)C1. The van der Waals surface area contributed by atoms with Crippen LogP contribution in [0.4, 0.5) is 0 Å². The van der Waals surface area contributed by atoms with E-state index >= 15 is 0 Å². The number of nitrogens with zero attached hydrogens (tertiary/aromatic N) is 2. The van der Waals surface area contributed by atoms with Crippen LogP contribution in [-0.4, -0.2) is 75.8 Å². The molecule has 1 aromatic rings. The van der Waals surface area contributed by atoms with Gasteiger partial charge in [-0.15, -0.1) is 0 Å². The zero-order valence-electron chi connectivity index (χ0n) is 20.1.